The number of aryl methyl sites for hydroxylation is 1. The first-order valence-corrected chi connectivity index (χ1v) is 10.1. The van der Waals surface area contributed by atoms with Crippen molar-refractivity contribution in [3.8, 4) is 17.2 Å². The fourth-order valence-electron chi connectivity index (χ4n) is 2.70. The molecule has 0 aromatic heterocycles. The van der Waals surface area contributed by atoms with Crippen molar-refractivity contribution in [3.63, 3.8) is 0 Å². The van der Waals surface area contributed by atoms with Gasteiger partial charge < -0.3 is 19.5 Å². The molecule has 2 rings (SSSR count). The molecule has 0 aliphatic carbocycles. The SMILES string of the molecule is CCCCOc1ccc(CCC(=O)Nc2ccc(OCC)cc2)cc1OCC. The van der Waals surface area contributed by atoms with E-state index in [0.717, 1.165) is 41.3 Å². The lowest BCUT2D eigenvalue weighted by Gasteiger charge is -2.13. The van der Waals surface area contributed by atoms with Crippen molar-refractivity contribution in [2.45, 2.75) is 46.5 Å². The molecule has 0 atom stereocenters. The van der Waals surface area contributed by atoms with Crippen molar-refractivity contribution >= 4 is 11.6 Å². The molecule has 0 bridgehead atoms. The first-order chi connectivity index (χ1) is 13.7. The molecule has 2 aromatic rings. The van der Waals surface area contributed by atoms with Gasteiger partial charge >= 0.3 is 0 Å². The third-order valence-electron chi connectivity index (χ3n) is 4.15. The number of carbonyl (C=O) groups is 1. The van der Waals surface area contributed by atoms with Gasteiger partial charge in [0.2, 0.25) is 5.91 Å². The smallest absolute Gasteiger partial charge is 0.224 e. The number of unbranched alkanes of at least 4 members (excludes halogenated alkanes) is 1. The maximum absolute atomic E-state index is 12.3. The van der Waals surface area contributed by atoms with Crippen LogP contribution in [0.2, 0.25) is 0 Å². The molecule has 0 saturated carbocycles. The zero-order valence-corrected chi connectivity index (χ0v) is 17.1. The summed E-state index contributed by atoms with van der Waals surface area (Å²) in [5, 5.41) is 2.92. The van der Waals surface area contributed by atoms with Crippen molar-refractivity contribution < 1.29 is 19.0 Å². The van der Waals surface area contributed by atoms with Gasteiger partial charge in [-0.25, -0.2) is 0 Å². The topological polar surface area (TPSA) is 56.8 Å². The fraction of sp³-hybridized carbons (Fsp3) is 0.435. The molecule has 0 aliphatic heterocycles. The second kappa shape index (κ2) is 11.9. The van der Waals surface area contributed by atoms with Gasteiger partial charge in [-0.1, -0.05) is 19.4 Å². The van der Waals surface area contributed by atoms with Crippen LogP contribution in [0.25, 0.3) is 0 Å². The van der Waals surface area contributed by atoms with Crippen LogP contribution in [0.15, 0.2) is 42.5 Å². The van der Waals surface area contributed by atoms with Crippen LogP contribution in [0.1, 0.15) is 45.6 Å². The number of nitrogens with one attached hydrogen (secondary N) is 1. The number of ether oxygens (including phenoxy) is 3. The van der Waals surface area contributed by atoms with E-state index in [1.165, 1.54) is 0 Å². The minimum absolute atomic E-state index is 0.0228. The van der Waals surface area contributed by atoms with E-state index in [1.54, 1.807) is 0 Å². The zero-order valence-electron chi connectivity index (χ0n) is 17.1. The standard InChI is InChI=1S/C23H31NO4/c1-4-7-16-28-21-14-8-18(17-22(21)27-6-3)9-15-23(25)24-19-10-12-20(13-11-19)26-5-2/h8,10-14,17H,4-7,9,15-16H2,1-3H3,(H,24,25). The molecule has 0 radical (unpaired) electrons. The molecular weight excluding hydrogens is 354 g/mol. The second-order valence-electron chi connectivity index (χ2n) is 6.42. The third kappa shape index (κ3) is 7.14. The maximum Gasteiger partial charge on any atom is 0.224 e. The van der Waals surface area contributed by atoms with Gasteiger partial charge in [0.05, 0.1) is 19.8 Å². The summed E-state index contributed by atoms with van der Waals surface area (Å²) in [4.78, 5) is 12.3. The molecule has 0 heterocycles. The monoisotopic (exact) mass is 385 g/mol. The van der Waals surface area contributed by atoms with E-state index >= 15 is 0 Å². The largest absolute Gasteiger partial charge is 0.494 e. The highest BCUT2D eigenvalue weighted by Gasteiger charge is 2.09. The minimum Gasteiger partial charge on any atom is -0.494 e. The molecular formula is C23H31NO4. The predicted octanol–water partition coefficient (Wildman–Crippen LogP) is 5.23. The van der Waals surface area contributed by atoms with Gasteiger partial charge in [-0.2, -0.15) is 0 Å². The summed E-state index contributed by atoms with van der Waals surface area (Å²) in [5.74, 6) is 2.27. The highest BCUT2D eigenvalue weighted by molar-refractivity contribution is 5.90. The summed E-state index contributed by atoms with van der Waals surface area (Å²) in [6, 6.07) is 13.3. The number of anilines is 1. The van der Waals surface area contributed by atoms with Gasteiger partial charge in [-0.05, 0) is 68.7 Å². The molecule has 0 aliphatic rings. The zero-order chi connectivity index (χ0) is 20.2. The number of benzene rings is 2. The molecule has 0 unspecified atom stereocenters. The highest BCUT2D eigenvalue weighted by atomic mass is 16.5. The van der Waals surface area contributed by atoms with E-state index in [1.807, 2.05) is 56.3 Å². The molecule has 28 heavy (non-hydrogen) atoms. The molecule has 0 spiro atoms. The summed E-state index contributed by atoms with van der Waals surface area (Å²) < 4.78 is 16.9. The third-order valence-corrected chi connectivity index (χ3v) is 4.15. The summed E-state index contributed by atoms with van der Waals surface area (Å²) >= 11 is 0. The average Bonchev–Trinajstić information content (AvgIpc) is 2.70. The molecule has 1 N–H and O–H groups in total. The van der Waals surface area contributed by atoms with Crippen LogP contribution in [0.5, 0.6) is 17.2 Å². The molecule has 152 valence electrons. The Hall–Kier alpha value is -2.69. The highest BCUT2D eigenvalue weighted by Crippen LogP contribution is 2.29. The fourth-order valence-corrected chi connectivity index (χ4v) is 2.70. The van der Waals surface area contributed by atoms with E-state index in [-0.39, 0.29) is 5.91 Å². The molecule has 2 aromatic carbocycles. The Morgan fingerprint density at radius 1 is 0.893 bits per heavy atom. The van der Waals surface area contributed by atoms with Crippen LogP contribution in [0.3, 0.4) is 0 Å². The minimum atomic E-state index is -0.0228. The van der Waals surface area contributed by atoms with Crippen molar-refractivity contribution in [2.24, 2.45) is 0 Å². The maximum atomic E-state index is 12.3. The normalized spacial score (nSPS) is 10.4. The van der Waals surface area contributed by atoms with Gasteiger partial charge in [0.25, 0.3) is 0 Å². The van der Waals surface area contributed by atoms with Crippen LogP contribution in [-0.4, -0.2) is 25.7 Å². The van der Waals surface area contributed by atoms with Gasteiger partial charge in [0.1, 0.15) is 5.75 Å². The van der Waals surface area contributed by atoms with Crippen molar-refractivity contribution in [1.29, 1.82) is 0 Å². The van der Waals surface area contributed by atoms with Crippen LogP contribution in [0, 0.1) is 0 Å². The van der Waals surface area contributed by atoms with E-state index in [2.05, 4.69) is 12.2 Å². The molecule has 1 amide bonds. The van der Waals surface area contributed by atoms with Crippen LogP contribution >= 0.6 is 0 Å². The van der Waals surface area contributed by atoms with Gasteiger partial charge in [0.15, 0.2) is 11.5 Å². The van der Waals surface area contributed by atoms with Crippen LogP contribution in [-0.2, 0) is 11.2 Å². The molecule has 0 saturated heterocycles. The number of carbonyl (C=O) groups excluding carboxylic acids is 1. The molecule has 5 nitrogen and oxygen atoms in total. The van der Waals surface area contributed by atoms with Crippen LogP contribution in [0.4, 0.5) is 5.69 Å². The van der Waals surface area contributed by atoms with E-state index in [0.29, 0.717) is 32.7 Å². The second-order valence-corrected chi connectivity index (χ2v) is 6.42. The average molecular weight is 386 g/mol. The Labute approximate surface area is 168 Å². The molecule has 5 heteroatoms. The lowest BCUT2D eigenvalue weighted by Crippen LogP contribution is -2.12. The summed E-state index contributed by atoms with van der Waals surface area (Å²) in [6.07, 6.45) is 3.14. The van der Waals surface area contributed by atoms with Gasteiger partial charge in [-0.3, -0.25) is 4.79 Å². The molecule has 0 fully saturated rings. The Morgan fingerprint density at radius 3 is 2.32 bits per heavy atom. The van der Waals surface area contributed by atoms with E-state index in [4.69, 9.17) is 14.2 Å². The summed E-state index contributed by atoms with van der Waals surface area (Å²) in [5.41, 5.74) is 1.82. The number of hydrogen-bond donors (Lipinski definition) is 1. The van der Waals surface area contributed by atoms with Gasteiger partial charge in [-0.15, -0.1) is 0 Å². The van der Waals surface area contributed by atoms with Crippen molar-refractivity contribution in [2.75, 3.05) is 25.1 Å². The van der Waals surface area contributed by atoms with Crippen LogP contribution < -0.4 is 19.5 Å². The lowest BCUT2D eigenvalue weighted by atomic mass is 10.1. The van der Waals surface area contributed by atoms with Crippen molar-refractivity contribution in [3.05, 3.63) is 48.0 Å². The first kappa shape index (κ1) is 21.6. The Balaban J connectivity index is 1.89. The predicted molar refractivity (Wildman–Crippen MR) is 113 cm³/mol. The summed E-state index contributed by atoms with van der Waals surface area (Å²) in [6.45, 7) is 7.90. The quantitative estimate of drug-likeness (QED) is 0.508. The van der Waals surface area contributed by atoms with E-state index < -0.39 is 0 Å². The lowest BCUT2D eigenvalue weighted by molar-refractivity contribution is -0.116. The summed E-state index contributed by atoms with van der Waals surface area (Å²) in [7, 11) is 0. The number of rotatable bonds is 12. The van der Waals surface area contributed by atoms with Gasteiger partial charge in [0, 0.05) is 12.1 Å². The Morgan fingerprint density at radius 2 is 1.64 bits per heavy atom. The number of hydrogen-bond acceptors (Lipinski definition) is 4. The number of amides is 1. The van der Waals surface area contributed by atoms with Crippen molar-refractivity contribution in [1.82, 2.24) is 0 Å². The Bertz CT molecular complexity index is 728. The first-order valence-electron chi connectivity index (χ1n) is 10.1. The Kier molecular flexibility index (Phi) is 9.19. The van der Waals surface area contributed by atoms with E-state index in [9.17, 15) is 4.79 Å².